The Kier molecular flexibility index (Phi) is 4.20. The van der Waals surface area contributed by atoms with Crippen LogP contribution in [0.2, 0.25) is 0 Å². The zero-order valence-corrected chi connectivity index (χ0v) is 12.5. The Morgan fingerprint density at radius 2 is 2.00 bits per heavy atom. The summed E-state index contributed by atoms with van der Waals surface area (Å²) in [4.78, 5) is 19.1. The first-order valence-electron chi connectivity index (χ1n) is 7.67. The van der Waals surface area contributed by atoms with Gasteiger partial charge in [0.25, 0.3) is 5.56 Å². The van der Waals surface area contributed by atoms with E-state index in [0.29, 0.717) is 0 Å². The van der Waals surface area contributed by atoms with Crippen LogP contribution in [-0.2, 0) is 6.54 Å². The maximum absolute atomic E-state index is 12.2. The van der Waals surface area contributed by atoms with Gasteiger partial charge in [-0.25, -0.2) is 0 Å². The number of nitrogens with one attached hydrogen (secondary N) is 1. The fourth-order valence-electron chi connectivity index (χ4n) is 2.96. The van der Waals surface area contributed by atoms with Gasteiger partial charge < -0.3 is 14.8 Å². The van der Waals surface area contributed by atoms with E-state index in [4.69, 9.17) is 0 Å². The summed E-state index contributed by atoms with van der Waals surface area (Å²) >= 11 is 0. The van der Waals surface area contributed by atoms with Gasteiger partial charge in [0.05, 0.1) is 22.9 Å². The molecule has 2 aromatic rings. The minimum Gasteiger partial charge on any atom is -0.387 e. The second kappa shape index (κ2) is 6.26. The summed E-state index contributed by atoms with van der Waals surface area (Å²) in [6.07, 6.45) is 5.67. The minimum atomic E-state index is 0.0505. The third-order valence-electron chi connectivity index (χ3n) is 4.22. The second-order valence-corrected chi connectivity index (χ2v) is 5.60. The molecule has 0 unspecified atom stereocenters. The van der Waals surface area contributed by atoms with Crippen molar-refractivity contribution in [1.29, 1.82) is 0 Å². The highest BCUT2D eigenvalue weighted by atomic mass is 16.1. The van der Waals surface area contributed by atoms with Crippen LogP contribution in [0, 0.1) is 0 Å². The van der Waals surface area contributed by atoms with Crippen LogP contribution < -0.4 is 10.9 Å². The number of fused-ring (bicyclic) bond motifs is 1. The normalized spacial score (nSPS) is 16.2. The van der Waals surface area contributed by atoms with Crippen LogP contribution in [-0.4, -0.2) is 41.1 Å². The van der Waals surface area contributed by atoms with Gasteiger partial charge in [-0.05, 0) is 38.1 Å². The van der Waals surface area contributed by atoms with E-state index in [1.165, 1.54) is 19.3 Å². The topological polar surface area (TPSA) is 50.2 Å². The van der Waals surface area contributed by atoms with E-state index in [0.717, 1.165) is 42.9 Å². The van der Waals surface area contributed by atoms with Crippen molar-refractivity contribution in [3.05, 3.63) is 34.7 Å². The number of piperidine rings is 1. The van der Waals surface area contributed by atoms with Gasteiger partial charge in [-0.15, -0.1) is 0 Å². The number of pyridine rings is 2. The lowest BCUT2D eigenvalue weighted by Gasteiger charge is -2.26. The standard InChI is InChI=1S/C16H22N4O/c1-17-13-11-15-14(18-12-13)5-6-16(21)20(15)10-9-19-7-3-2-4-8-19/h5-6,11-12,17H,2-4,7-10H2,1H3. The van der Waals surface area contributed by atoms with Gasteiger partial charge in [-0.1, -0.05) is 6.42 Å². The summed E-state index contributed by atoms with van der Waals surface area (Å²) in [6, 6.07) is 5.42. The van der Waals surface area contributed by atoms with Crippen LogP contribution in [0.4, 0.5) is 5.69 Å². The molecule has 1 N–H and O–H groups in total. The molecule has 3 heterocycles. The van der Waals surface area contributed by atoms with Gasteiger partial charge in [-0.3, -0.25) is 9.78 Å². The molecule has 5 heteroatoms. The highest BCUT2D eigenvalue weighted by Gasteiger charge is 2.11. The van der Waals surface area contributed by atoms with Crippen LogP contribution in [0.5, 0.6) is 0 Å². The summed E-state index contributed by atoms with van der Waals surface area (Å²) in [5.74, 6) is 0. The molecule has 0 radical (unpaired) electrons. The number of anilines is 1. The summed E-state index contributed by atoms with van der Waals surface area (Å²) in [7, 11) is 1.86. The van der Waals surface area contributed by atoms with Gasteiger partial charge in [0.15, 0.2) is 0 Å². The largest absolute Gasteiger partial charge is 0.387 e. The van der Waals surface area contributed by atoms with Crippen LogP contribution in [0.15, 0.2) is 29.2 Å². The lowest BCUT2D eigenvalue weighted by atomic mass is 10.1. The molecule has 3 rings (SSSR count). The summed E-state index contributed by atoms with van der Waals surface area (Å²) < 4.78 is 1.85. The smallest absolute Gasteiger partial charge is 0.251 e. The van der Waals surface area contributed by atoms with E-state index in [1.54, 1.807) is 18.3 Å². The summed E-state index contributed by atoms with van der Waals surface area (Å²) in [6.45, 7) is 3.97. The third-order valence-corrected chi connectivity index (χ3v) is 4.22. The highest BCUT2D eigenvalue weighted by molar-refractivity contribution is 5.77. The van der Waals surface area contributed by atoms with Crippen molar-refractivity contribution in [2.75, 3.05) is 32.0 Å². The summed E-state index contributed by atoms with van der Waals surface area (Å²) in [5.41, 5.74) is 2.76. The Hall–Kier alpha value is -1.88. The van der Waals surface area contributed by atoms with E-state index in [9.17, 15) is 4.79 Å². The Bertz CT molecular complexity index is 674. The first-order valence-corrected chi connectivity index (χ1v) is 7.67. The zero-order chi connectivity index (χ0) is 14.7. The van der Waals surface area contributed by atoms with Crippen LogP contribution >= 0.6 is 0 Å². The van der Waals surface area contributed by atoms with Crippen molar-refractivity contribution in [3.8, 4) is 0 Å². The van der Waals surface area contributed by atoms with E-state index >= 15 is 0 Å². The molecule has 0 atom stereocenters. The number of hydrogen-bond donors (Lipinski definition) is 1. The molecule has 1 fully saturated rings. The average molecular weight is 286 g/mol. The molecule has 2 aromatic heterocycles. The van der Waals surface area contributed by atoms with Gasteiger partial charge in [-0.2, -0.15) is 0 Å². The van der Waals surface area contributed by atoms with E-state index in [-0.39, 0.29) is 5.56 Å². The first-order chi connectivity index (χ1) is 10.3. The quantitative estimate of drug-likeness (QED) is 0.933. The monoisotopic (exact) mass is 286 g/mol. The molecule has 0 aliphatic carbocycles. The number of aromatic nitrogens is 2. The molecule has 0 saturated carbocycles. The average Bonchev–Trinajstić information content (AvgIpc) is 2.54. The molecule has 1 aliphatic rings. The molecule has 1 aliphatic heterocycles. The van der Waals surface area contributed by atoms with Crippen molar-refractivity contribution in [2.24, 2.45) is 0 Å². The van der Waals surface area contributed by atoms with Crippen molar-refractivity contribution < 1.29 is 0 Å². The molecule has 0 bridgehead atoms. The van der Waals surface area contributed by atoms with E-state index in [1.807, 2.05) is 17.7 Å². The Morgan fingerprint density at radius 3 is 2.76 bits per heavy atom. The minimum absolute atomic E-state index is 0.0505. The lowest BCUT2D eigenvalue weighted by Crippen LogP contribution is -2.34. The van der Waals surface area contributed by atoms with Crippen LogP contribution in [0.25, 0.3) is 11.0 Å². The second-order valence-electron chi connectivity index (χ2n) is 5.60. The SMILES string of the molecule is CNc1cnc2ccc(=O)n(CCN3CCCCC3)c2c1. The van der Waals surface area contributed by atoms with E-state index < -0.39 is 0 Å². The van der Waals surface area contributed by atoms with Crippen molar-refractivity contribution >= 4 is 16.7 Å². The molecule has 1 saturated heterocycles. The van der Waals surface area contributed by atoms with Crippen molar-refractivity contribution in [3.63, 3.8) is 0 Å². The highest BCUT2D eigenvalue weighted by Crippen LogP contribution is 2.15. The maximum atomic E-state index is 12.2. The van der Waals surface area contributed by atoms with Crippen molar-refractivity contribution in [1.82, 2.24) is 14.5 Å². The Labute approximate surface area is 124 Å². The predicted octanol–water partition coefficient (Wildman–Crippen LogP) is 1.92. The molecule has 0 amide bonds. The lowest BCUT2D eigenvalue weighted by molar-refractivity contribution is 0.221. The predicted molar refractivity (Wildman–Crippen MR) is 85.8 cm³/mol. The molecule has 112 valence electrons. The van der Waals surface area contributed by atoms with Gasteiger partial charge in [0.1, 0.15) is 0 Å². The van der Waals surface area contributed by atoms with Crippen molar-refractivity contribution in [2.45, 2.75) is 25.8 Å². The molecular weight excluding hydrogens is 264 g/mol. The molecular formula is C16H22N4O. The zero-order valence-electron chi connectivity index (χ0n) is 12.5. The fourth-order valence-corrected chi connectivity index (χ4v) is 2.96. The van der Waals surface area contributed by atoms with Gasteiger partial charge in [0, 0.05) is 26.2 Å². The van der Waals surface area contributed by atoms with E-state index in [2.05, 4.69) is 15.2 Å². The van der Waals surface area contributed by atoms with Crippen LogP contribution in [0.3, 0.4) is 0 Å². The maximum Gasteiger partial charge on any atom is 0.251 e. The summed E-state index contributed by atoms with van der Waals surface area (Å²) in [5, 5.41) is 3.08. The number of rotatable bonds is 4. The Balaban J connectivity index is 1.88. The third kappa shape index (κ3) is 3.08. The first kappa shape index (κ1) is 14.1. The molecule has 21 heavy (non-hydrogen) atoms. The fraction of sp³-hybridized carbons (Fsp3) is 0.500. The van der Waals surface area contributed by atoms with Gasteiger partial charge >= 0.3 is 0 Å². The molecule has 0 spiro atoms. The Morgan fingerprint density at radius 1 is 1.19 bits per heavy atom. The number of likely N-dealkylation sites (tertiary alicyclic amines) is 1. The van der Waals surface area contributed by atoms with Crippen LogP contribution in [0.1, 0.15) is 19.3 Å². The molecule has 5 nitrogen and oxygen atoms in total. The molecule has 0 aromatic carbocycles. The number of nitrogens with zero attached hydrogens (tertiary/aromatic N) is 3. The van der Waals surface area contributed by atoms with Gasteiger partial charge in [0.2, 0.25) is 0 Å². The number of hydrogen-bond acceptors (Lipinski definition) is 4.